The summed E-state index contributed by atoms with van der Waals surface area (Å²) in [5, 5.41) is -0.0171. The molecule has 0 aliphatic heterocycles. The van der Waals surface area contributed by atoms with Crippen molar-refractivity contribution in [2.45, 2.75) is 20.3 Å². The molecular weight excluding hydrogens is 312 g/mol. The lowest BCUT2D eigenvalue weighted by molar-refractivity contribution is 0.0921. The van der Waals surface area contributed by atoms with Gasteiger partial charge in [-0.15, -0.1) is 0 Å². The number of hydrogen-bond acceptors (Lipinski definition) is 2. The van der Waals surface area contributed by atoms with Gasteiger partial charge in [-0.05, 0) is 32.3 Å². The number of carbonyl (C=O) groups is 1. The average Bonchev–Trinajstić information content (AvgIpc) is 3.30. The molecule has 2 atom stereocenters. The molecule has 1 fully saturated rings. The Kier molecular flexibility index (Phi) is 2.95. The first-order chi connectivity index (χ1) is 11.3. The summed E-state index contributed by atoms with van der Waals surface area (Å²) < 4.78 is 26.8. The van der Waals surface area contributed by atoms with Crippen molar-refractivity contribution in [1.82, 2.24) is 4.98 Å². The fourth-order valence-electron chi connectivity index (χ4n) is 3.64. The van der Waals surface area contributed by atoms with Crippen molar-refractivity contribution in [2.24, 2.45) is 11.3 Å². The Hall–Kier alpha value is -2.56. The summed E-state index contributed by atoms with van der Waals surface area (Å²) in [6, 6.07) is 1.77. The Balaban J connectivity index is 1.83. The molecule has 4 rings (SSSR count). The van der Waals surface area contributed by atoms with Crippen molar-refractivity contribution in [3.8, 4) is 0 Å². The van der Waals surface area contributed by atoms with Crippen molar-refractivity contribution < 1.29 is 13.6 Å². The van der Waals surface area contributed by atoms with E-state index in [1.165, 1.54) is 6.20 Å². The van der Waals surface area contributed by atoms with E-state index in [1.807, 2.05) is 26.0 Å². The molecule has 0 radical (unpaired) electrons. The number of fused-ring (bicyclic) bond motifs is 2. The molecule has 24 heavy (non-hydrogen) atoms. The fraction of sp³-hybridized carbons (Fsp3) is 0.263. The molecule has 0 saturated heterocycles. The van der Waals surface area contributed by atoms with Gasteiger partial charge in [0.15, 0.2) is 22.8 Å². The van der Waals surface area contributed by atoms with Gasteiger partial charge in [0.25, 0.3) is 0 Å². The Morgan fingerprint density at radius 2 is 1.96 bits per heavy atom. The number of hydrogen-bond donors (Lipinski definition) is 1. The van der Waals surface area contributed by atoms with Gasteiger partial charge in [0.05, 0.1) is 16.5 Å². The molecule has 122 valence electrons. The molecule has 5 heteroatoms. The zero-order chi connectivity index (χ0) is 17.2. The first-order valence-electron chi connectivity index (χ1n) is 7.77. The number of carbonyl (C=O) groups excluding carboxylic acids is 1. The van der Waals surface area contributed by atoms with Crippen LogP contribution in [0.5, 0.6) is 0 Å². The topological polar surface area (TPSA) is 49.9 Å². The summed E-state index contributed by atoms with van der Waals surface area (Å²) in [7, 11) is 0. The number of pyridine rings is 1. The number of Topliss-reactive ketones (excluding diaryl/α,β-unsaturated/α-hetero) is 1. The number of ketones is 1. The molecule has 0 bridgehead atoms. The molecule has 2 aliphatic rings. The van der Waals surface area contributed by atoms with E-state index in [0.29, 0.717) is 6.42 Å². The van der Waals surface area contributed by atoms with Gasteiger partial charge in [0, 0.05) is 17.6 Å². The van der Waals surface area contributed by atoms with Gasteiger partial charge in [-0.25, -0.2) is 8.78 Å². The highest BCUT2D eigenvalue weighted by Gasteiger charge is 2.60. The van der Waals surface area contributed by atoms with Crippen LogP contribution in [0.3, 0.4) is 0 Å². The van der Waals surface area contributed by atoms with Crippen molar-refractivity contribution in [1.29, 1.82) is 0 Å². The third-order valence-corrected chi connectivity index (χ3v) is 5.37. The molecule has 0 amide bonds. The molecule has 3 nitrogen and oxygen atoms in total. The maximum Gasteiger partial charge on any atom is 0.200 e. The monoisotopic (exact) mass is 327 g/mol. The number of aromatic amines is 1. The van der Waals surface area contributed by atoms with Gasteiger partial charge in [-0.2, -0.15) is 0 Å². The molecule has 0 spiro atoms. The van der Waals surface area contributed by atoms with Crippen LogP contribution >= 0.6 is 0 Å². The van der Waals surface area contributed by atoms with Gasteiger partial charge in [-0.1, -0.05) is 23.3 Å². The SMILES string of the molecule is CC1=C(C)C2CC2(C(=O)c2c[nH]c3cc(F)c(F)cc3c2=O)C=C1. The minimum Gasteiger partial charge on any atom is -0.360 e. The molecule has 1 aromatic heterocycles. The maximum absolute atomic E-state index is 13.5. The summed E-state index contributed by atoms with van der Waals surface area (Å²) >= 11 is 0. The van der Waals surface area contributed by atoms with Crippen molar-refractivity contribution >= 4 is 16.7 Å². The minimum atomic E-state index is -1.10. The second-order valence-electron chi connectivity index (χ2n) is 6.67. The van der Waals surface area contributed by atoms with Crippen LogP contribution in [-0.4, -0.2) is 10.8 Å². The van der Waals surface area contributed by atoms with Gasteiger partial charge in [0.2, 0.25) is 0 Å². The Morgan fingerprint density at radius 3 is 2.71 bits per heavy atom. The third kappa shape index (κ3) is 1.87. The second-order valence-corrected chi connectivity index (χ2v) is 6.67. The van der Waals surface area contributed by atoms with E-state index < -0.39 is 22.5 Å². The molecule has 1 N–H and O–H groups in total. The second kappa shape index (κ2) is 4.72. The average molecular weight is 327 g/mol. The molecule has 1 aromatic carbocycles. The van der Waals surface area contributed by atoms with Crippen LogP contribution in [0.15, 0.2) is 46.4 Å². The smallest absolute Gasteiger partial charge is 0.200 e. The van der Waals surface area contributed by atoms with Crippen LogP contribution in [0.1, 0.15) is 30.6 Å². The highest BCUT2D eigenvalue weighted by atomic mass is 19.2. The first-order valence-corrected chi connectivity index (χ1v) is 7.77. The fourth-order valence-corrected chi connectivity index (χ4v) is 3.64. The zero-order valence-electron chi connectivity index (χ0n) is 13.2. The van der Waals surface area contributed by atoms with E-state index in [1.54, 1.807) is 0 Å². The minimum absolute atomic E-state index is 0.00647. The molecular formula is C19H15F2NO2. The van der Waals surface area contributed by atoms with Crippen LogP contribution in [0, 0.1) is 23.0 Å². The number of nitrogens with one attached hydrogen (secondary N) is 1. The summed E-state index contributed by atoms with van der Waals surface area (Å²) in [4.78, 5) is 28.3. The molecule has 2 aromatic rings. The van der Waals surface area contributed by atoms with Crippen LogP contribution in [0.25, 0.3) is 10.9 Å². The van der Waals surface area contributed by atoms with Crippen LogP contribution in [-0.2, 0) is 0 Å². The van der Waals surface area contributed by atoms with Crippen molar-refractivity contribution in [3.05, 3.63) is 69.0 Å². The standard InChI is InChI=1S/C19H15F2NO2/c1-9-3-4-19(7-13(19)10(9)2)18(24)12-8-22-16-6-15(21)14(20)5-11(16)17(12)23/h3-6,8,13H,7H2,1-2H3,(H,22,23). The van der Waals surface area contributed by atoms with E-state index >= 15 is 0 Å². The number of halogens is 2. The summed E-state index contributed by atoms with van der Waals surface area (Å²) in [5.74, 6) is -2.28. The van der Waals surface area contributed by atoms with E-state index in [0.717, 1.165) is 23.3 Å². The van der Waals surface area contributed by atoms with Gasteiger partial charge in [-0.3, -0.25) is 9.59 Å². The maximum atomic E-state index is 13.5. The zero-order valence-corrected chi connectivity index (χ0v) is 13.2. The lowest BCUT2D eigenvalue weighted by Gasteiger charge is -2.17. The number of aromatic nitrogens is 1. The quantitative estimate of drug-likeness (QED) is 0.851. The highest BCUT2D eigenvalue weighted by molar-refractivity contribution is 6.06. The predicted octanol–water partition coefficient (Wildman–Crippen LogP) is 3.90. The van der Waals surface area contributed by atoms with Crippen LogP contribution in [0.2, 0.25) is 0 Å². The van der Waals surface area contributed by atoms with Crippen molar-refractivity contribution in [3.63, 3.8) is 0 Å². The summed E-state index contributed by atoms with van der Waals surface area (Å²) in [6.07, 6.45) is 5.78. The van der Waals surface area contributed by atoms with E-state index in [2.05, 4.69) is 4.98 Å². The molecule has 2 unspecified atom stereocenters. The normalized spacial score (nSPS) is 25.1. The number of rotatable bonds is 2. The van der Waals surface area contributed by atoms with E-state index in [-0.39, 0.29) is 28.2 Å². The van der Waals surface area contributed by atoms with Gasteiger partial charge in [0.1, 0.15) is 0 Å². The van der Waals surface area contributed by atoms with Gasteiger partial charge < -0.3 is 4.98 Å². The number of benzene rings is 1. The number of allylic oxidation sites excluding steroid dienone is 4. The first kappa shape index (κ1) is 15.0. The van der Waals surface area contributed by atoms with Crippen LogP contribution < -0.4 is 5.43 Å². The Bertz CT molecular complexity index is 1030. The highest BCUT2D eigenvalue weighted by Crippen LogP contribution is 2.61. The van der Waals surface area contributed by atoms with E-state index in [4.69, 9.17) is 0 Å². The summed E-state index contributed by atoms with van der Waals surface area (Å²) in [5.41, 5.74) is 1.24. The van der Waals surface area contributed by atoms with Crippen molar-refractivity contribution in [2.75, 3.05) is 0 Å². The summed E-state index contributed by atoms with van der Waals surface area (Å²) in [6.45, 7) is 4.00. The lowest BCUT2D eigenvalue weighted by atomic mass is 9.85. The molecule has 2 aliphatic carbocycles. The predicted molar refractivity (Wildman–Crippen MR) is 86.9 cm³/mol. The third-order valence-electron chi connectivity index (χ3n) is 5.37. The molecule has 1 saturated carbocycles. The van der Waals surface area contributed by atoms with E-state index in [9.17, 15) is 18.4 Å². The van der Waals surface area contributed by atoms with Crippen LogP contribution in [0.4, 0.5) is 8.78 Å². The largest absolute Gasteiger partial charge is 0.360 e. The molecule has 1 heterocycles. The number of H-pyrrole nitrogens is 1. The lowest BCUT2D eigenvalue weighted by Crippen LogP contribution is -2.25. The Morgan fingerprint density at radius 1 is 1.25 bits per heavy atom. The Labute approximate surface area is 136 Å². The van der Waals surface area contributed by atoms with Gasteiger partial charge >= 0.3 is 0 Å².